The smallest absolute Gasteiger partial charge is 0.308 e. The monoisotopic (exact) mass is 359 g/mol. The number of carbonyl (C=O) groups is 1. The van der Waals surface area contributed by atoms with Gasteiger partial charge in [0, 0.05) is 18.4 Å². The number of carbonyl (C=O) groups excluding carboxylic acids is 1. The summed E-state index contributed by atoms with van der Waals surface area (Å²) >= 11 is 0. The third-order valence-corrected chi connectivity index (χ3v) is 4.46. The van der Waals surface area contributed by atoms with Crippen LogP contribution in [-0.4, -0.2) is 11.0 Å². The lowest BCUT2D eigenvalue weighted by Crippen LogP contribution is -2.10. The summed E-state index contributed by atoms with van der Waals surface area (Å²) in [6.07, 6.45) is 0. The van der Waals surface area contributed by atoms with Gasteiger partial charge in [-0.15, -0.1) is 0 Å². The average molecular weight is 359 g/mol. The van der Waals surface area contributed by atoms with Crippen LogP contribution >= 0.6 is 0 Å². The van der Waals surface area contributed by atoms with Gasteiger partial charge in [-0.2, -0.15) is 0 Å². The molecular formula is C22H17NO4. The van der Waals surface area contributed by atoms with Gasteiger partial charge in [0.15, 0.2) is 0 Å². The number of nitrogens with zero attached hydrogens (tertiary/aromatic N) is 1. The molecular weight excluding hydrogens is 342 g/mol. The summed E-state index contributed by atoms with van der Waals surface area (Å²) in [5.41, 5.74) is 2.75. The van der Waals surface area contributed by atoms with E-state index in [4.69, 9.17) is 9.15 Å². The van der Waals surface area contributed by atoms with Gasteiger partial charge in [-0.3, -0.25) is 9.59 Å². The summed E-state index contributed by atoms with van der Waals surface area (Å²) in [5, 5.41) is 1.47. The fourth-order valence-electron chi connectivity index (χ4n) is 3.32. The zero-order chi connectivity index (χ0) is 19.1. The van der Waals surface area contributed by atoms with Crippen molar-refractivity contribution < 1.29 is 13.9 Å². The van der Waals surface area contributed by atoms with Crippen LogP contribution in [0.1, 0.15) is 18.2 Å². The van der Waals surface area contributed by atoms with Crippen molar-refractivity contribution in [2.24, 2.45) is 0 Å². The van der Waals surface area contributed by atoms with Gasteiger partial charge >= 0.3 is 5.97 Å². The highest BCUT2D eigenvalue weighted by Gasteiger charge is 2.17. The second-order valence-corrected chi connectivity index (χ2v) is 6.46. The van der Waals surface area contributed by atoms with E-state index in [9.17, 15) is 9.59 Å². The van der Waals surface area contributed by atoms with Crippen LogP contribution in [0.15, 0.2) is 57.7 Å². The van der Waals surface area contributed by atoms with Crippen molar-refractivity contribution in [1.29, 1.82) is 0 Å². The Kier molecular flexibility index (Phi) is 4.00. The maximum Gasteiger partial charge on any atom is 0.308 e. The summed E-state index contributed by atoms with van der Waals surface area (Å²) in [6.45, 7) is 4.86. The second kappa shape index (κ2) is 6.36. The molecule has 0 fully saturated rings. The number of aryl methyl sites for hydroxylation is 2. The van der Waals surface area contributed by atoms with Gasteiger partial charge in [0.1, 0.15) is 17.1 Å². The van der Waals surface area contributed by atoms with Gasteiger partial charge in [0.2, 0.25) is 5.43 Å². The molecule has 0 saturated heterocycles. The minimum Gasteiger partial charge on any atom is -0.460 e. The predicted molar refractivity (Wildman–Crippen MR) is 104 cm³/mol. The molecule has 5 nitrogen and oxygen atoms in total. The Labute approximate surface area is 155 Å². The molecule has 0 aliphatic carbocycles. The Hall–Kier alpha value is -3.47. The first-order valence-corrected chi connectivity index (χ1v) is 8.56. The first-order chi connectivity index (χ1) is 12.9. The molecule has 5 heteroatoms. The predicted octanol–water partition coefficient (Wildman–Crippen LogP) is 4.55. The molecule has 0 amide bonds. The SMILES string of the molecule is CC(=O)Oc1cc(C)c2c(=O)c(-c3ccc4ccccc4n3)c(C)oc2c1. The molecule has 0 aliphatic heterocycles. The minimum absolute atomic E-state index is 0.150. The molecule has 4 aromatic rings. The molecule has 27 heavy (non-hydrogen) atoms. The summed E-state index contributed by atoms with van der Waals surface area (Å²) in [7, 11) is 0. The molecule has 0 atom stereocenters. The lowest BCUT2D eigenvalue weighted by atomic mass is 10.0. The van der Waals surface area contributed by atoms with E-state index in [1.807, 2.05) is 36.4 Å². The van der Waals surface area contributed by atoms with Crippen LogP contribution in [0.3, 0.4) is 0 Å². The normalized spacial score (nSPS) is 11.1. The van der Waals surface area contributed by atoms with Crippen LogP contribution in [0.25, 0.3) is 33.1 Å². The third kappa shape index (κ3) is 2.97. The van der Waals surface area contributed by atoms with Crippen LogP contribution in [0, 0.1) is 13.8 Å². The van der Waals surface area contributed by atoms with Gasteiger partial charge in [0.05, 0.1) is 22.2 Å². The molecule has 2 aromatic carbocycles. The molecule has 0 aliphatic rings. The van der Waals surface area contributed by atoms with E-state index < -0.39 is 5.97 Å². The third-order valence-electron chi connectivity index (χ3n) is 4.46. The van der Waals surface area contributed by atoms with Crippen molar-refractivity contribution in [3.8, 4) is 17.0 Å². The van der Waals surface area contributed by atoms with Crippen molar-refractivity contribution in [2.45, 2.75) is 20.8 Å². The van der Waals surface area contributed by atoms with Gasteiger partial charge in [-0.1, -0.05) is 24.3 Å². The second-order valence-electron chi connectivity index (χ2n) is 6.46. The maximum absolute atomic E-state index is 13.2. The molecule has 0 bridgehead atoms. The Balaban J connectivity index is 1.97. The summed E-state index contributed by atoms with van der Waals surface area (Å²) in [5.74, 6) is 0.395. The maximum atomic E-state index is 13.2. The first-order valence-electron chi connectivity index (χ1n) is 8.56. The molecule has 0 radical (unpaired) electrons. The number of pyridine rings is 1. The average Bonchev–Trinajstić information content (AvgIpc) is 2.60. The van der Waals surface area contributed by atoms with E-state index in [0.29, 0.717) is 39.3 Å². The van der Waals surface area contributed by atoms with E-state index in [-0.39, 0.29) is 5.43 Å². The Morgan fingerprint density at radius 2 is 1.85 bits per heavy atom. The van der Waals surface area contributed by atoms with Crippen LogP contribution in [0.2, 0.25) is 0 Å². The molecule has 0 spiro atoms. The number of rotatable bonds is 2. The van der Waals surface area contributed by atoms with Crippen molar-refractivity contribution in [1.82, 2.24) is 4.98 Å². The molecule has 0 saturated carbocycles. The number of fused-ring (bicyclic) bond motifs is 2. The highest BCUT2D eigenvalue weighted by atomic mass is 16.5. The van der Waals surface area contributed by atoms with Crippen LogP contribution < -0.4 is 10.2 Å². The van der Waals surface area contributed by atoms with Crippen LogP contribution in [-0.2, 0) is 4.79 Å². The molecule has 4 rings (SSSR count). The highest BCUT2D eigenvalue weighted by Crippen LogP contribution is 2.29. The largest absolute Gasteiger partial charge is 0.460 e. The van der Waals surface area contributed by atoms with E-state index >= 15 is 0 Å². The number of ether oxygens (including phenoxy) is 1. The number of para-hydroxylation sites is 1. The number of aromatic nitrogens is 1. The van der Waals surface area contributed by atoms with E-state index in [2.05, 4.69) is 4.98 Å². The Morgan fingerprint density at radius 1 is 1.07 bits per heavy atom. The van der Waals surface area contributed by atoms with E-state index in [1.54, 1.807) is 26.0 Å². The molecule has 0 N–H and O–H groups in total. The number of hydrogen-bond donors (Lipinski definition) is 0. The van der Waals surface area contributed by atoms with Crippen molar-refractivity contribution in [2.75, 3.05) is 0 Å². The highest BCUT2D eigenvalue weighted by molar-refractivity contribution is 5.88. The van der Waals surface area contributed by atoms with Crippen LogP contribution in [0.5, 0.6) is 5.75 Å². The van der Waals surface area contributed by atoms with Crippen LogP contribution in [0.4, 0.5) is 0 Å². The van der Waals surface area contributed by atoms with E-state index in [1.165, 1.54) is 6.92 Å². The van der Waals surface area contributed by atoms with Gasteiger partial charge in [-0.25, -0.2) is 4.98 Å². The quantitative estimate of drug-likeness (QED) is 0.388. The van der Waals surface area contributed by atoms with E-state index in [0.717, 1.165) is 10.9 Å². The Morgan fingerprint density at radius 3 is 2.63 bits per heavy atom. The van der Waals surface area contributed by atoms with Gasteiger partial charge in [-0.05, 0) is 37.6 Å². The van der Waals surface area contributed by atoms with Gasteiger partial charge in [0.25, 0.3) is 0 Å². The van der Waals surface area contributed by atoms with Gasteiger partial charge < -0.3 is 9.15 Å². The number of benzene rings is 2. The number of esters is 1. The zero-order valence-electron chi connectivity index (χ0n) is 15.2. The van der Waals surface area contributed by atoms with Crippen molar-refractivity contribution >= 4 is 27.8 Å². The fraction of sp³-hybridized carbons (Fsp3) is 0.136. The fourth-order valence-corrected chi connectivity index (χ4v) is 3.32. The lowest BCUT2D eigenvalue weighted by molar-refractivity contribution is -0.131. The molecule has 2 heterocycles. The Bertz CT molecular complexity index is 1270. The minimum atomic E-state index is -0.426. The van der Waals surface area contributed by atoms with Crippen molar-refractivity contribution in [3.63, 3.8) is 0 Å². The standard InChI is InChI=1S/C22H17NO4/c1-12-10-16(27-14(3)24)11-19-20(12)22(25)21(13(2)26-19)18-9-8-15-6-4-5-7-17(15)23-18/h4-11H,1-3H3. The number of hydrogen-bond acceptors (Lipinski definition) is 5. The molecule has 0 unspecified atom stereocenters. The van der Waals surface area contributed by atoms with Crippen molar-refractivity contribution in [3.05, 3.63) is 70.1 Å². The lowest BCUT2D eigenvalue weighted by Gasteiger charge is -2.10. The topological polar surface area (TPSA) is 69.4 Å². The summed E-state index contributed by atoms with van der Waals surface area (Å²) < 4.78 is 11.0. The molecule has 2 aromatic heterocycles. The zero-order valence-corrected chi connectivity index (χ0v) is 15.2. The first kappa shape index (κ1) is 17.0. The molecule has 134 valence electrons. The summed E-state index contributed by atoms with van der Waals surface area (Å²) in [6, 6.07) is 14.7. The summed E-state index contributed by atoms with van der Waals surface area (Å²) in [4.78, 5) is 29.1.